The fourth-order valence-corrected chi connectivity index (χ4v) is 10.3. The molecule has 0 nitrogen and oxygen atoms in total. The van der Waals surface area contributed by atoms with Crippen LogP contribution in [-0.2, 0) is 0 Å². The molecule has 0 radical (unpaired) electrons. The fourth-order valence-electron chi connectivity index (χ4n) is 10.3. The summed E-state index contributed by atoms with van der Waals surface area (Å²) >= 11 is 0. The highest BCUT2D eigenvalue weighted by molar-refractivity contribution is 5.31. The van der Waals surface area contributed by atoms with E-state index in [9.17, 15) is 0 Å². The van der Waals surface area contributed by atoms with Crippen molar-refractivity contribution in [3.63, 3.8) is 0 Å². The topological polar surface area (TPSA) is 0 Å². The fraction of sp³-hybridized carbons (Fsp3) is 0.931. The highest BCUT2D eigenvalue weighted by Gasteiger charge is 2.66. The van der Waals surface area contributed by atoms with E-state index in [0.29, 0.717) is 27.1 Å². The molecule has 0 aromatic rings. The van der Waals surface area contributed by atoms with E-state index in [1.54, 1.807) is 0 Å². The van der Waals surface area contributed by atoms with Crippen LogP contribution in [0, 0.1) is 50.7 Å². The first-order valence-corrected chi connectivity index (χ1v) is 13.2. The molecule has 8 atom stereocenters. The minimum atomic E-state index is 0.410. The normalized spacial score (nSPS) is 56.3. The smallest absolute Gasteiger partial charge is 0.0113 e. The maximum atomic E-state index is 2.79. The Morgan fingerprint density at radius 3 is 2.21 bits per heavy atom. The largest absolute Gasteiger partial charge is 0.0788 e. The highest BCUT2D eigenvalue weighted by atomic mass is 14.7. The molecule has 164 valence electrons. The van der Waals surface area contributed by atoms with Gasteiger partial charge in [0.1, 0.15) is 0 Å². The lowest BCUT2D eigenvalue weighted by atomic mass is 9.33. The minimum Gasteiger partial charge on any atom is -0.0788 e. The zero-order valence-electron chi connectivity index (χ0n) is 20.7. The third-order valence-electron chi connectivity index (χ3n) is 12.4. The van der Waals surface area contributed by atoms with Crippen LogP contribution in [0.5, 0.6) is 0 Å². The van der Waals surface area contributed by atoms with Crippen LogP contribution in [0.1, 0.15) is 119 Å². The SMILES string of the molecule is CC1CCCC2(C)C1CCC1(C)C2CCC2C3=CC(C)(C)CCC3(C)CCC21C. The van der Waals surface area contributed by atoms with Crippen molar-refractivity contribution in [3.8, 4) is 0 Å². The summed E-state index contributed by atoms with van der Waals surface area (Å²) in [6.45, 7) is 18.5. The molecule has 0 aliphatic heterocycles. The monoisotopic (exact) mass is 396 g/mol. The van der Waals surface area contributed by atoms with Crippen molar-refractivity contribution < 1.29 is 0 Å². The van der Waals surface area contributed by atoms with Gasteiger partial charge in [-0.3, -0.25) is 0 Å². The summed E-state index contributed by atoms with van der Waals surface area (Å²) in [5.41, 5.74) is 4.49. The third kappa shape index (κ3) is 2.62. The zero-order chi connectivity index (χ0) is 20.9. The standard InChI is InChI=1S/C29H48/c1-20-9-8-13-27(5)21(20)12-14-29(7)24(27)11-10-22-23-19-25(2,3)15-16-26(23,4)17-18-28(22,29)6/h19-22,24H,8-18H2,1-7H3. The van der Waals surface area contributed by atoms with Crippen molar-refractivity contribution in [1.82, 2.24) is 0 Å². The summed E-state index contributed by atoms with van der Waals surface area (Å²) < 4.78 is 0. The second-order valence-corrected chi connectivity index (χ2v) is 14.2. The summed E-state index contributed by atoms with van der Waals surface area (Å²) in [4.78, 5) is 0. The zero-order valence-corrected chi connectivity index (χ0v) is 20.7. The second-order valence-electron chi connectivity index (χ2n) is 14.2. The van der Waals surface area contributed by atoms with E-state index in [1.807, 2.05) is 5.57 Å². The molecule has 0 N–H and O–H groups in total. The summed E-state index contributed by atoms with van der Waals surface area (Å²) in [5.74, 6) is 3.76. The van der Waals surface area contributed by atoms with Gasteiger partial charge in [0.2, 0.25) is 0 Å². The van der Waals surface area contributed by atoms with Gasteiger partial charge < -0.3 is 0 Å². The number of hydrogen-bond acceptors (Lipinski definition) is 0. The molecular weight excluding hydrogens is 348 g/mol. The Bertz CT molecular complexity index is 714. The predicted octanol–water partition coefficient (Wildman–Crippen LogP) is 8.81. The van der Waals surface area contributed by atoms with Gasteiger partial charge in [0.05, 0.1) is 0 Å². The lowest BCUT2D eigenvalue weighted by molar-refractivity contribution is -0.201. The van der Waals surface area contributed by atoms with Crippen LogP contribution in [0.2, 0.25) is 0 Å². The molecule has 0 aromatic heterocycles. The molecule has 8 unspecified atom stereocenters. The molecule has 5 rings (SSSR count). The van der Waals surface area contributed by atoms with Crippen molar-refractivity contribution >= 4 is 0 Å². The van der Waals surface area contributed by atoms with Crippen LogP contribution >= 0.6 is 0 Å². The van der Waals surface area contributed by atoms with Crippen molar-refractivity contribution in [2.24, 2.45) is 50.7 Å². The van der Waals surface area contributed by atoms with Gasteiger partial charge in [-0.25, -0.2) is 0 Å². The number of rotatable bonds is 0. The van der Waals surface area contributed by atoms with Crippen LogP contribution in [0.25, 0.3) is 0 Å². The van der Waals surface area contributed by atoms with Crippen molar-refractivity contribution in [3.05, 3.63) is 11.6 Å². The lowest BCUT2D eigenvalue weighted by Crippen LogP contribution is -2.63. The van der Waals surface area contributed by atoms with E-state index in [0.717, 1.165) is 23.7 Å². The lowest BCUT2D eigenvalue weighted by Gasteiger charge is -2.71. The van der Waals surface area contributed by atoms with Crippen LogP contribution in [0.4, 0.5) is 0 Å². The summed E-state index contributed by atoms with van der Waals surface area (Å²) in [6.07, 6.45) is 19.0. The molecule has 0 saturated heterocycles. The summed E-state index contributed by atoms with van der Waals surface area (Å²) in [6, 6.07) is 0. The summed E-state index contributed by atoms with van der Waals surface area (Å²) in [5, 5.41) is 0. The highest BCUT2D eigenvalue weighted by Crippen LogP contribution is 2.75. The Morgan fingerprint density at radius 2 is 1.45 bits per heavy atom. The van der Waals surface area contributed by atoms with Crippen molar-refractivity contribution in [2.45, 2.75) is 119 Å². The number of allylic oxidation sites excluding steroid dienone is 2. The van der Waals surface area contributed by atoms with Crippen LogP contribution in [-0.4, -0.2) is 0 Å². The van der Waals surface area contributed by atoms with Crippen LogP contribution in [0.15, 0.2) is 11.6 Å². The van der Waals surface area contributed by atoms with Gasteiger partial charge in [0, 0.05) is 0 Å². The first-order chi connectivity index (χ1) is 13.5. The Hall–Kier alpha value is -0.260. The van der Waals surface area contributed by atoms with Gasteiger partial charge in [-0.1, -0.05) is 73.0 Å². The number of hydrogen-bond donors (Lipinski definition) is 0. The number of fused-ring (bicyclic) bond motifs is 7. The molecule has 4 saturated carbocycles. The van der Waals surface area contributed by atoms with Crippen molar-refractivity contribution in [1.29, 1.82) is 0 Å². The van der Waals surface area contributed by atoms with Gasteiger partial charge >= 0.3 is 0 Å². The molecule has 4 fully saturated rings. The molecule has 0 amide bonds. The van der Waals surface area contributed by atoms with Gasteiger partial charge in [-0.05, 0) is 109 Å². The molecule has 5 aliphatic rings. The van der Waals surface area contributed by atoms with E-state index in [-0.39, 0.29) is 0 Å². The van der Waals surface area contributed by atoms with E-state index >= 15 is 0 Å². The Balaban J connectivity index is 1.56. The summed E-state index contributed by atoms with van der Waals surface area (Å²) in [7, 11) is 0. The molecular formula is C29H48. The molecule has 0 spiro atoms. The Kier molecular flexibility index (Phi) is 4.38. The maximum absolute atomic E-state index is 2.79. The molecule has 0 aromatic carbocycles. The molecule has 0 heteroatoms. The molecule has 29 heavy (non-hydrogen) atoms. The molecule has 0 bridgehead atoms. The third-order valence-corrected chi connectivity index (χ3v) is 12.4. The Morgan fingerprint density at radius 1 is 0.724 bits per heavy atom. The van der Waals surface area contributed by atoms with E-state index in [1.165, 1.54) is 70.6 Å². The average Bonchev–Trinajstić information content (AvgIpc) is 2.63. The van der Waals surface area contributed by atoms with Gasteiger partial charge in [0.25, 0.3) is 0 Å². The average molecular weight is 397 g/mol. The first kappa shape index (κ1) is 20.6. The first-order valence-electron chi connectivity index (χ1n) is 13.2. The molecule has 5 aliphatic carbocycles. The Labute approximate surface area is 181 Å². The predicted molar refractivity (Wildman–Crippen MR) is 125 cm³/mol. The van der Waals surface area contributed by atoms with E-state index in [4.69, 9.17) is 0 Å². The van der Waals surface area contributed by atoms with Crippen LogP contribution in [0.3, 0.4) is 0 Å². The van der Waals surface area contributed by atoms with Crippen LogP contribution < -0.4 is 0 Å². The second kappa shape index (κ2) is 6.16. The van der Waals surface area contributed by atoms with E-state index < -0.39 is 0 Å². The van der Waals surface area contributed by atoms with Gasteiger partial charge in [-0.15, -0.1) is 0 Å². The maximum Gasteiger partial charge on any atom is -0.0113 e. The molecule has 0 heterocycles. The quantitative estimate of drug-likeness (QED) is 0.359. The van der Waals surface area contributed by atoms with Gasteiger partial charge in [-0.2, -0.15) is 0 Å². The minimum absolute atomic E-state index is 0.410. The van der Waals surface area contributed by atoms with Crippen molar-refractivity contribution in [2.75, 3.05) is 0 Å². The van der Waals surface area contributed by atoms with Gasteiger partial charge in [0.15, 0.2) is 0 Å². The van der Waals surface area contributed by atoms with E-state index in [2.05, 4.69) is 54.5 Å².